The van der Waals surface area contributed by atoms with Crippen LogP contribution in [0.1, 0.15) is 5.56 Å². The molecule has 23 heavy (non-hydrogen) atoms. The number of aromatic nitrogens is 2. The van der Waals surface area contributed by atoms with Crippen LogP contribution in [0.5, 0.6) is 5.75 Å². The number of nitrogens with zero attached hydrogens (tertiary/aromatic N) is 3. The lowest BCUT2D eigenvalue weighted by atomic mass is 10.2. The first-order valence-electron chi connectivity index (χ1n) is 6.45. The number of H-pyrrole nitrogens is 1. The summed E-state index contributed by atoms with van der Waals surface area (Å²) in [5.74, 6) is -0.0280. The summed E-state index contributed by atoms with van der Waals surface area (Å²) < 4.78 is 0.465. The maximum absolute atomic E-state index is 10.9. The third-order valence-corrected chi connectivity index (χ3v) is 3.50. The van der Waals surface area contributed by atoms with E-state index >= 15 is 0 Å². The molecule has 0 spiro atoms. The van der Waals surface area contributed by atoms with Gasteiger partial charge in [0.05, 0.1) is 22.2 Å². The van der Waals surface area contributed by atoms with Gasteiger partial charge in [-0.25, -0.2) is 10.4 Å². The van der Waals surface area contributed by atoms with Gasteiger partial charge in [0.15, 0.2) is 0 Å². The molecule has 1 aromatic heterocycles. The molecule has 0 aliphatic carbocycles. The fraction of sp³-hybridized carbons (Fsp3) is 0. The van der Waals surface area contributed by atoms with Crippen molar-refractivity contribution in [1.82, 2.24) is 9.97 Å². The molecule has 0 saturated heterocycles. The van der Waals surface area contributed by atoms with Crippen LogP contribution in [-0.2, 0) is 0 Å². The highest BCUT2D eigenvalue weighted by Gasteiger charge is 2.17. The number of benzene rings is 2. The Morgan fingerprint density at radius 1 is 1.39 bits per heavy atom. The maximum atomic E-state index is 10.9. The predicted octanol–water partition coefficient (Wildman–Crippen LogP) is 3.39. The number of halogens is 1. The van der Waals surface area contributed by atoms with Crippen molar-refractivity contribution in [2.45, 2.75) is 0 Å². The molecule has 0 radical (unpaired) electrons. The monoisotopic (exact) mass is 375 g/mol. The van der Waals surface area contributed by atoms with Crippen molar-refractivity contribution in [3.63, 3.8) is 0 Å². The largest absolute Gasteiger partial charge is 0.502 e. The molecule has 3 aromatic rings. The lowest BCUT2D eigenvalue weighted by molar-refractivity contribution is -0.385. The van der Waals surface area contributed by atoms with Gasteiger partial charge in [0, 0.05) is 16.1 Å². The van der Waals surface area contributed by atoms with Gasteiger partial charge in [-0.05, 0) is 18.2 Å². The number of hydrogen-bond donors (Lipinski definition) is 3. The lowest BCUT2D eigenvalue weighted by Gasteiger charge is -2.01. The average molecular weight is 376 g/mol. The summed E-state index contributed by atoms with van der Waals surface area (Å²) >= 11 is 3.16. The maximum Gasteiger partial charge on any atom is 0.312 e. The van der Waals surface area contributed by atoms with Crippen LogP contribution in [0.25, 0.3) is 11.0 Å². The number of hydrazone groups is 1. The molecule has 0 bridgehead atoms. The predicted molar refractivity (Wildman–Crippen MR) is 89.8 cm³/mol. The zero-order valence-electron chi connectivity index (χ0n) is 11.5. The van der Waals surface area contributed by atoms with E-state index in [-0.39, 0.29) is 5.56 Å². The van der Waals surface area contributed by atoms with Crippen LogP contribution in [0.3, 0.4) is 0 Å². The van der Waals surface area contributed by atoms with Gasteiger partial charge >= 0.3 is 5.69 Å². The lowest BCUT2D eigenvalue weighted by Crippen LogP contribution is -1.95. The molecule has 116 valence electrons. The number of rotatable bonds is 4. The van der Waals surface area contributed by atoms with E-state index < -0.39 is 16.4 Å². The van der Waals surface area contributed by atoms with Gasteiger partial charge in [0.25, 0.3) is 0 Å². The minimum Gasteiger partial charge on any atom is -0.502 e. The summed E-state index contributed by atoms with van der Waals surface area (Å²) in [4.78, 5) is 17.5. The molecule has 0 fully saturated rings. The van der Waals surface area contributed by atoms with Crippen molar-refractivity contribution >= 4 is 44.8 Å². The fourth-order valence-corrected chi connectivity index (χ4v) is 2.48. The average Bonchev–Trinajstić information content (AvgIpc) is 2.92. The molecule has 3 N–H and O–H groups in total. The number of fused-ring (bicyclic) bond motifs is 1. The van der Waals surface area contributed by atoms with Gasteiger partial charge in [-0.1, -0.05) is 28.1 Å². The number of aromatic hydroxyl groups is 1. The number of para-hydroxylation sites is 2. The Bertz CT molecular complexity index is 889. The molecule has 9 heteroatoms. The van der Waals surface area contributed by atoms with Gasteiger partial charge in [-0.15, -0.1) is 0 Å². The van der Waals surface area contributed by atoms with Crippen LogP contribution >= 0.6 is 15.9 Å². The van der Waals surface area contributed by atoms with E-state index in [9.17, 15) is 15.2 Å². The highest BCUT2D eigenvalue weighted by molar-refractivity contribution is 9.10. The highest BCUT2D eigenvalue weighted by atomic mass is 79.9. The smallest absolute Gasteiger partial charge is 0.312 e. The molecule has 0 aliphatic heterocycles. The molecule has 0 saturated carbocycles. The summed E-state index contributed by atoms with van der Waals surface area (Å²) in [5, 5.41) is 24.7. The zero-order chi connectivity index (χ0) is 16.4. The number of aromatic amines is 1. The van der Waals surface area contributed by atoms with Crippen molar-refractivity contribution in [3.05, 3.63) is 56.5 Å². The fourth-order valence-electron chi connectivity index (χ4n) is 2.01. The Kier molecular flexibility index (Phi) is 3.94. The number of phenolic OH excluding ortho intramolecular Hbond substituents is 1. The second kappa shape index (κ2) is 6.05. The Balaban J connectivity index is 1.84. The van der Waals surface area contributed by atoms with Crippen molar-refractivity contribution in [1.29, 1.82) is 0 Å². The van der Waals surface area contributed by atoms with Gasteiger partial charge in [0.1, 0.15) is 0 Å². The normalized spacial score (nSPS) is 11.2. The summed E-state index contributed by atoms with van der Waals surface area (Å²) in [6, 6.07) is 10.2. The first-order chi connectivity index (χ1) is 11.0. The van der Waals surface area contributed by atoms with Gasteiger partial charge in [-0.2, -0.15) is 5.10 Å². The first kappa shape index (κ1) is 15.0. The van der Waals surface area contributed by atoms with E-state index in [1.54, 1.807) is 0 Å². The van der Waals surface area contributed by atoms with Crippen LogP contribution in [0.15, 0.2) is 46.0 Å². The van der Waals surface area contributed by atoms with Crippen LogP contribution in [0, 0.1) is 10.1 Å². The SMILES string of the molecule is O=[N+]([O-])c1cc(Br)cc(C=NNc2nc3ccccc3[nH]2)c1O. The quantitative estimate of drug-likeness (QED) is 0.367. The molecule has 8 nitrogen and oxygen atoms in total. The summed E-state index contributed by atoms with van der Waals surface area (Å²) in [5.41, 5.74) is 4.13. The summed E-state index contributed by atoms with van der Waals surface area (Å²) in [6.45, 7) is 0. The molecular formula is C14H10BrN5O3. The topological polar surface area (TPSA) is 116 Å². The Labute approximate surface area is 138 Å². The minimum atomic E-state index is -0.663. The number of nitrogens with one attached hydrogen (secondary N) is 2. The molecule has 0 amide bonds. The molecular weight excluding hydrogens is 366 g/mol. The van der Waals surface area contributed by atoms with Crippen LogP contribution in [0.2, 0.25) is 0 Å². The number of phenols is 1. The molecule has 3 rings (SSSR count). The zero-order valence-corrected chi connectivity index (χ0v) is 13.1. The van der Waals surface area contributed by atoms with E-state index in [1.165, 1.54) is 18.3 Å². The highest BCUT2D eigenvalue weighted by Crippen LogP contribution is 2.32. The molecule has 0 unspecified atom stereocenters. The van der Waals surface area contributed by atoms with Crippen LogP contribution < -0.4 is 5.43 Å². The summed E-state index contributed by atoms with van der Waals surface area (Å²) in [6.07, 6.45) is 1.28. The van der Waals surface area contributed by atoms with E-state index in [1.807, 2.05) is 24.3 Å². The van der Waals surface area contributed by atoms with Gasteiger partial charge in [0.2, 0.25) is 11.7 Å². The molecule has 0 aliphatic rings. The van der Waals surface area contributed by atoms with Crippen molar-refractivity contribution < 1.29 is 10.0 Å². The number of anilines is 1. The third-order valence-electron chi connectivity index (χ3n) is 3.04. The standard InChI is InChI=1S/C14H10BrN5O3/c15-9-5-8(13(21)12(6-9)20(22)23)7-16-19-14-17-10-3-1-2-4-11(10)18-14/h1-7,21H,(H2,17,18,19). The van der Waals surface area contributed by atoms with Crippen molar-refractivity contribution in [2.24, 2.45) is 5.10 Å². The number of hydrogen-bond acceptors (Lipinski definition) is 6. The number of imidazole rings is 1. The number of nitro groups is 1. The second-order valence-electron chi connectivity index (χ2n) is 4.59. The van der Waals surface area contributed by atoms with Crippen molar-refractivity contribution in [2.75, 3.05) is 5.43 Å². The Morgan fingerprint density at radius 3 is 2.91 bits per heavy atom. The van der Waals surface area contributed by atoms with E-state index in [2.05, 4.69) is 36.4 Å². The first-order valence-corrected chi connectivity index (χ1v) is 7.24. The van der Waals surface area contributed by atoms with E-state index in [4.69, 9.17) is 0 Å². The van der Waals surface area contributed by atoms with E-state index in [0.717, 1.165) is 11.0 Å². The molecule has 1 heterocycles. The van der Waals surface area contributed by atoms with Crippen LogP contribution in [0.4, 0.5) is 11.6 Å². The van der Waals surface area contributed by atoms with Gasteiger partial charge in [-0.3, -0.25) is 10.1 Å². The number of nitro benzene ring substituents is 1. The minimum absolute atomic E-state index is 0.203. The van der Waals surface area contributed by atoms with Gasteiger partial charge < -0.3 is 10.1 Å². The van der Waals surface area contributed by atoms with Crippen LogP contribution in [-0.4, -0.2) is 26.2 Å². The summed E-state index contributed by atoms with van der Waals surface area (Å²) in [7, 11) is 0. The van der Waals surface area contributed by atoms with E-state index in [0.29, 0.717) is 10.4 Å². The van der Waals surface area contributed by atoms with Crippen molar-refractivity contribution in [3.8, 4) is 5.75 Å². The Hall–Kier alpha value is -2.94. The Morgan fingerprint density at radius 2 is 2.17 bits per heavy atom. The third kappa shape index (κ3) is 3.14. The second-order valence-corrected chi connectivity index (χ2v) is 5.51. The molecule has 2 aromatic carbocycles. The molecule has 0 atom stereocenters.